The van der Waals surface area contributed by atoms with Crippen LogP contribution in [-0.2, 0) is 6.18 Å². The molecule has 3 rings (SSSR count). The number of aromatic nitrogens is 2. The molecule has 3 N–H and O–H groups in total. The number of amides is 1. The molecule has 32 heavy (non-hydrogen) atoms. The number of ether oxygens (including phenoxy) is 1. The van der Waals surface area contributed by atoms with Gasteiger partial charge in [0.1, 0.15) is 11.9 Å². The summed E-state index contributed by atoms with van der Waals surface area (Å²) in [6, 6.07) is 3.47. The Balaban J connectivity index is 1.43. The summed E-state index contributed by atoms with van der Waals surface area (Å²) in [6.45, 7) is 3.21. The van der Waals surface area contributed by atoms with Crippen LogP contribution in [0, 0.1) is 6.92 Å². The average molecular weight is 495 g/mol. The molecule has 1 aromatic carbocycles. The van der Waals surface area contributed by atoms with Crippen LogP contribution >= 0.6 is 23.2 Å². The maximum atomic E-state index is 12.8. The van der Waals surface area contributed by atoms with Gasteiger partial charge in [0.05, 0.1) is 16.7 Å². The quantitative estimate of drug-likeness (QED) is 0.546. The Bertz CT molecular complexity index is 947. The second-order valence-electron chi connectivity index (χ2n) is 7.61. The van der Waals surface area contributed by atoms with Crippen LogP contribution in [0.3, 0.4) is 0 Å². The second kappa shape index (κ2) is 10.3. The van der Waals surface area contributed by atoms with E-state index in [9.17, 15) is 23.1 Å². The molecule has 1 aliphatic rings. The topological polar surface area (TPSA) is 90.5 Å². The molecule has 176 valence electrons. The van der Waals surface area contributed by atoms with Crippen molar-refractivity contribution in [2.45, 2.75) is 38.1 Å². The Kier molecular flexibility index (Phi) is 7.92. The van der Waals surface area contributed by atoms with Gasteiger partial charge in [-0.15, -0.1) is 0 Å². The summed E-state index contributed by atoms with van der Waals surface area (Å²) in [5.41, 5.74) is -1.15. The van der Waals surface area contributed by atoms with E-state index in [1.165, 1.54) is 0 Å². The smallest absolute Gasteiger partial charge is 0.435 e. The normalized spacial score (nSPS) is 16.7. The molecule has 0 spiro atoms. The Labute approximate surface area is 192 Å². The predicted molar refractivity (Wildman–Crippen MR) is 113 cm³/mol. The van der Waals surface area contributed by atoms with E-state index in [-0.39, 0.29) is 19.2 Å². The molecule has 7 nitrogen and oxygen atoms in total. The van der Waals surface area contributed by atoms with E-state index in [1.54, 1.807) is 12.1 Å². The van der Waals surface area contributed by atoms with Gasteiger partial charge in [0.15, 0.2) is 5.69 Å². The molecule has 12 heteroatoms. The minimum atomic E-state index is -4.74. The largest absolute Gasteiger partial charge is 0.489 e. The highest BCUT2D eigenvalue weighted by molar-refractivity contribution is 6.36. The van der Waals surface area contributed by atoms with Crippen LogP contribution in [0.2, 0.25) is 10.0 Å². The van der Waals surface area contributed by atoms with Crippen molar-refractivity contribution in [3.8, 4) is 5.75 Å². The third-order valence-corrected chi connectivity index (χ3v) is 6.11. The van der Waals surface area contributed by atoms with Gasteiger partial charge >= 0.3 is 6.18 Å². The number of β-amino-alcohol motifs (C(OH)–C–C–N with tert-alkyl or cyclic N) is 1. The zero-order chi connectivity index (χ0) is 23.5. The molecule has 1 amide bonds. The van der Waals surface area contributed by atoms with Crippen LogP contribution in [-0.4, -0.2) is 64.5 Å². The van der Waals surface area contributed by atoms with Crippen LogP contribution in [0.4, 0.5) is 13.2 Å². The average Bonchev–Trinajstić information content (AvgIpc) is 3.24. The molecule has 1 aromatic heterocycles. The minimum absolute atomic E-state index is 0.0388. The fourth-order valence-electron chi connectivity index (χ4n) is 3.46. The van der Waals surface area contributed by atoms with E-state index in [4.69, 9.17) is 27.9 Å². The number of hydrogen-bond donors (Lipinski definition) is 3. The van der Waals surface area contributed by atoms with Crippen LogP contribution in [0.5, 0.6) is 5.75 Å². The molecule has 0 radical (unpaired) electrons. The Morgan fingerprint density at radius 3 is 2.72 bits per heavy atom. The van der Waals surface area contributed by atoms with Gasteiger partial charge in [-0.25, -0.2) is 0 Å². The van der Waals surface area contributed by atoms with Crippen molar-refractivity contribution < 1.29 is 27.8 Å². The lowest BCUT2D eigenvalue weighted by molar-refractivity contribution is -0.141. The summed E-state index contributed by atoms with van der Waals surface area (Å²) < 4.78 is 44.5. The molecule has 1 aliphatic heterocycles. The summed E-state index contributed by atoms with van der Waals surface area (Å²) in [5.74, 6) is -0.375. The van der Waals surface area contributed by atoms with E-state index < -0.39 is 29.4 Å². The molecule has 1 fully saturated rings. The number of aliphatic hydroxyl groups is 1. The maximum absolute atomic E-state index is 12.8. The van der Waals surface area contributed by atoms with E-state index >= 15 is 0 Å². The molecular formula is C20H23Cl2F3N4O3. The number of H-pyrrole nitrogens is 1. The second-order valence-corrected chi connectivity index (χ2v) is 8.40. The third-order valence-electron chi connectivity index (χ3n) is 5.23. The molecule has 2 heterocycles. The van der Waals surface area contributed by atoms with E-state index in [2.05, 4.69) is 10.4 Å². The number of alkyl halides is 3. The van der Waals surface area contributed by atoms with Crippen molar-refractivity contribution in [2.24, 2.45) is 0 Å². The number of nitrogens with one attached hydrogen (secondary N) is 2. The first-order chi connectivity index (χ1) is 15.1. The summed E-state index contributed by atoms with van der Waals surface area (Å²) >= 11 is 12.3. The van der Waals surface area contributed by atoms with E-state index in [0.29, 0.717) is 41.7 Å². The Hall–Kier alpha value is -2.01. The van der Waals surface area contributed by atoms with Gasteiger partial charge in [-0.2, -0.15) is 18.3 Å². The lowest BCUT2D eigenvalue weighted by Crippen LogP contribution is -2.45. The number of nitrogens with zero attached hydrogens (tertiary/aromatic N) is 2. The highest BCUT2D eigenvalue weighted by atomic mass is 35.5. The zero-order valence-electron chi connectivity index (χ0n) is 17.2. The maximum Gasteiger partial charge on any atom is 0.435 e. The van der Waals surface area contributed by atoms with Gasteiger partial charge in [-0.3, -0.25) is 9.89 Å². The highest BCUT2D eigenvalue weighted by Crippen LogP contribution is 2.34. The number of halogens is 5. The van der Waals surface area contributed by atoms with E-state index in [0.717, 1.165) is 11.8 Å². The highest BCUT2D eigenvalue weighted by Gasteiger charge is 2.38. The van der Waals surface area contributed by atoms with Gasteiger partial charge in [0, 0.05) is 37.4 Å². The molecule has 1 saturated heterocycles. The van der Waals surface area contributed by atoms with Crippen LogP contribution < -0.4 is 10.1 Å². The molecule has 0 saturated carbocycles. The molecule has 1 atom stereocenters. The number of benzene rings is 1. The van der Waals surface area contributed by atoms with Gasteiger partial charge in [0.2, 0.25) is 0 Å². The standard InChI is InChI=1S/C20H23Cl2F3N4O3/c1-11-15(21)2-3-16(17(11)22)32-13-4-6-29(7-5-13)10-12(30)8-26-19(31)14-9-27-28-18(14)20(23,24)25/h2-3,9,12-13,30H,4-8,10H2,1H3,(H,26,31)(H,27,28)/t12-/m1/s1. The first kappa shape index (κ1) is 24.6. The first-order valence-electron chi connectivity index (χ1n) is 9.97. The molecule has 0 unspecified atom stereocenters. The summed E-state index contributed by atoms with van der Waals surface area (Å²) in [4.78, 5) is 14.0. The van der Waals surface area contributed by atoms with Gasteiger partial charge < -0.3 is 20.1 Å². The van der Waals surface area contributed by atoms with Crippen molar-refractivity contribution in [3.05, 3.63) is 45.2 Å². The predicted octanol–water partition coefficient (Wildman–Crippen LogP) is 3.68. The molecule has 2 aromatic rings. The van der Waals surface area contributed by atoms with Crippen molar-refractivity contribution in [1.82, 2.24) is 20.4 Å². The number of aliphatic hydroxyl groups excluding tert-OH is 1. The number of carbonyl (C=O) groups is 1. The zero-order valence-corrected chi connectivity index (χ0v) is 18.7. The first-order valence-corrected chi connectivity index (χ1v) is 10.7. The lowest BCUT2D eigenvalue weighted by atomic mass is 10.1. The third kappa shape index (κ3) is 6.06. The summed E-state index contributed by atoms with van der Waals surface area (Å²) in [5, 5.41) is 18.7. The van der Waals surface area contributed by atoms with Gasteiger partial charge in [0.25, 0.3) is 5.91 Å². The van der Waals surface area contributed by atoms with Crippen LogP contribution in [0.1, 0.15) is 34.5 Å². The monoisotopic (exact) mass is 494 g/mol. The minimum Gasteiger partial charge on any atom is -0.489 e. The van der Waals surface area contributed by atoms with Crippen LogP contribution in [0.25, 0.3) is 0 Å². The Morgan fingerprint density at radius 2 is 2.06 bits per heavy atom. The number of hydrogen-bond acceptors (Lipinski definition) is 5. The number of carbonyl (C=O) groups excluding carboxylic acids is 1. The lowest BCUT2D eigenvalue weighted by Gasteiger charge is -2.33. The summed E-state index contributed by atoms with van der Waals surface area (Å²) in [7, 11) is 0. The van der Waals surface area contributed by atoms with Gasteiger partial charge in [-0.1, -0.05) is 23.2 Å². The number of likely N-dealkylation sites (tertiary alicyclic amines) is 1. The molecule has 0 bridgehead atoms. The van der Waals surface area contributed by atoms with Crippen molar-refractivity contribution in [3.63, 3.8) is 0 Å². The fourth-order valence-corrected chi connectivity index (χ4v) is 3.88. The van der Waals surface area contributed by atoms with Crippen molar-refractivity contribution >= 4 is 29.1 Å². The summed E-state index contributed by atoms with van der Waals surface area (Å²) in [6.07, 6.45) is -3.42. The SMILES string of the molecule is Cc1c(Cl)ccc(OC2CCN(C[C@H](O)CNC(=O)c3c[nH]nc3C(F)(F)F)CC2)c1Cl. The van der Waals surface area contributed by atoms with Crippen molar-refractivity contribution in [2.75, 3.05) is 26.2 Å². The van der Waals surface area contributed by atoms with Crippen LogP contribution in [0.15, 0.2) is 18.3 Å². The number of rotatable bonds is 7. The number of piperidine rings is 1. The molecule has 0 aliphatic carbocycles. The van der Waals surface area contributed by atoms with E-state index in [1.807, 2.05) is 16.9 Å². The Morgan fingerprint density at radius 1 is 1.38 bits per heavy atom. The van der Waals surface area contributed by atoms with Crippen molar-refractivity contribution in [1.29, 1.82) is 0 Å². The number of aromatic amines is 1. The molecular weight excluding hydrogens is 472 g/mol. The fraction of sp³-hybridized carbons (Fsp3) is 0.500. The van der Waals surface area contributed by atoms with Gasteiger partial charge in [-0.05, 0) is 37.5 Å².